The lowest BCUT2D eigenvalue weighted by molar-refractivity contribution is 0.269. The second-order valence-corrected chi connectivity index (χ2v) is 9.36. The molecule has 3 fully saturated rings. The first-order valence-electron chi connectivity index (χ1n) is 11.7. The van der Waals surface area contributed by atoms with Crippen LogP contribution < -0.4 is 5.32 Å². The number of guanidine groups is 1. The van der Waals surface area contributed by atoms with Crippen LogP contribution in [0.15, 0.2) is 29.3 Å². The summed E-state index contributed by atoms with van der Waals surface area (Å²) in [6, 6.07) is 9.17. The van der Waals surface area contributed by atoms with Crippen molar-refractivity contribution in [3.05, 3.63) is 35.4 Å². The van der Waals surface area contributed by atoms with Crippen LogP contribution in [0, 0.1) is 11.8 Å². The van der Waals surface area contributed by atoms with E-state index in [2.05, 4.69) is 56.3 Å². The van der Waals surface area contributed by atoms with Crippen molar-refractivity contribution in [2.45, 2.75) is 45.2 Å². The maximum Gasteiger partial charge on any atom is 0.193 e. The van der Waals surface area contributed by atoms with Crippen molar-refractivity contribution in [3.63, 3.8) is 0 Å². The predicted octanol–water partition coefficient (Wildman–Crippen LogP) is 3.02. The van der Waals surface area contributed by atoms with E-state index < -0.39 is 0 Å². The topological polar surface area (TPSA) is 34.1 Å². The molecule has 29 heavy (non-hydrogen) atoms. The first kappa shape index (κ1) is 20.7. The molecule has 2 atom stereocenters. The van der Waals surface area contributed by atoms with Crippen LogP contribution >= 0.6 is 0 Å². The van der Waals surface area contributed by atoms with E-state index in [4.69, 9.17) is 0 Å². The molecule has 2 heterocycles. The fourth-order valence-electron chi connectivity index (χ4n) is 5.37. The summed E-state index contributed by atoms with van der Waals surface area (Å²) in [6.45, 7) is 9.09. The molecule has 5 nitrogen and oxygen atoms in total. The Balaban J connectivity index is 1.26. The lowest BCUT2D eigenvalue weighted by atomic mass is 9.82. The lowest BCUT2D eigenvalue weighted by Crippen LogP contribution is -2.39. The van der Waals surface area contributed by atoms with Crippen molar-refractivity contribution < 1.29 is 0 Å². The van der Waals surface area contributed by atoms with E-state index in [-0.39, 0.29) is 0 Å². The number of likely N-dealkylation sites (tertiary alicyclic amines) is 1. The molecule has 1 aliphatic carbocycles. The fourth-order valence-corrected chi connectivity index (χ4v) is 5.37. The molecule has 1 aromatic carbocycles. The van der Waals surface area contributed by atoms with Gasteiger partial charge < -0.3 is 15.1 Å². The molecule has 1 saturated carbocycles. The molecule has 0 spiro atoms. The number of aliphatic imine (C=N–C) groups is 1. The van der Waals surface area contributed by atoms with Crippen LogP contribution in [0.3, 0.4) is 0 Å². The average Bonchev–Trinajstić information content (AvgIpc) is 3.07. The van der Waals surface area contributed by atoms with E-state index in [1.165, 1.54) is 82.5 Å². The first-order valence-corrected chi connectivity index (χ1v) is 11.7. The second kappa shape index (κ2) is 9.94. The van der Waals surface area contributed by atoms with Crippen LogP contribution in [0.4, 0.5) is 0 Å². The summed E-state index contributed by atoms with van der Waals surface area (Å²) >= 11 is 0. The van der Waals surface area contributed by atoms with Gasteiger partial charge in [0.1, 0.15) is 0 Å². The van der Waals surface area contributed by atoms with Gasteiger partial charge >= 0.3 is 0 Å². The van der Waals surface area contributed by atoms with Gasteiger partial charge in [-0.3, -0.25) is 9.89 Å². The summed E-state index contributed by atoms with van der Waals surface area (Å²) < 4.78 is 0. The highest BCUT2D eigenvalue weighted by atomic mass is 15.3. The number of nitrogens with one attached hydrogen (secondary N) is 1. The second-order valence-electron chi connectivity index (χ2n) is 9.36. The van der Waals surface area contributed by atoms with Crippen LogP contribution in [0.2, 0.25) is 0 Å². The van der Waals surface area contributed by atoms with E-state index >= 15 is 0 Å². The molecule has 2 unspecified atom stereocenters. The Morgan fingerprint density at radius 1 is 0.931 bits per heavy atom. The summed E-state index contributed by atoms with van der Waals surface area (Å²) in [4.78, 5) is 12.1. The zero-order valence-corrected chi connectivity index (χ0v) is 18.4. The third-order valence-corrected chi connectivity index (χ3v) is 7.18. The van der Waals surface area contributed by atoms with Crippen molar-refractivity contribution >= 4 is 5.96 Å². The van der Waals surface area contributed by atoms with Gasteiger partial charge in [-0.1, -0.05) is 37.1 Å². The van der Waals surface area contributed by atoms with Crippen molar-refractivity contribution in [2.24, 2.45) is 16.8 Å². The Hall–Kier alpha value is -1.59. The third kappa shape index (κ3) is 5.52. The molecule has 0 radical (unpaired) electrons. The molecule has 0 aromatic heterocycles. The maximum absolute atomic E-state index is 4.57. The van der Waals surface area contributed by atoms with Crippen molar-refractivity contribution in [1.29, 1.82) is 0 Å². The maximum atomic E-state index is 4.57. The molecule has 0 bridgehead atoms. The third-order valence-electron chi connectivity index (χ3n) is 7.18. The first-order chi connectivity index (χ1) is 14.2. The van der Waals surface area contributed by atoms with E-state index in [9.17, 15) is 0 Å². The average molecular weight is 398 g/mol. The standard InChI is InChI=1S/C24H39N5/c1-25-24(29-18-22-6-3-4-7-23(22)19-29)26-16-20-8-10-21(11-9-20)17-28-13-5-12-27(2)14-15-28/h8-11,22-23H,3-7,12-19H2,1-2H3,(H,25,26). The van der Waals surface area contributed by atoms with Crippen LogP contribution in [0.1, 0.15) is 43.2 Å². The minimum absolute atomic E-state index is 0.854. The Morgan fingerprint density at radius 2 is 1.62 bits per heavy atom. The predicted molar refractivity (Wildman–Crippen MR) is 121 cm³/mol. The van der Waals surface area contributed by atoms with E-state index in [1.807, 2.05) is 7.05 Å². The minimum atomic E-state index is 0.854. The fraction of sp³-hybridized carbons (Fsp3) is 0.708. The zero-order chi connectivity index (χ0) is 20.1. The van der Waals surface area contributed by atoms with Gasteiger partial charge in [0.2, 0.25) is 0 Å². The molecular formula is C24H39N5. The number of hydrogen-bond acceptors (Lipinski definition) is 3. The van der Waals surface area contributed by atoms with Gasteiger partial charge in [0, 0.05) is 46.3 Å². The van der Waals surface area contributed by atoms with Crippen molar-refractivity contribution in [2.75, 3.05) is 53.4 Å². The molecule has 0 amide bonds. The van der Waals surface area contributed by atoms with Gasteiger partial charge in [-0.15, -0.1) is 0 Å². The highest BCUT2D eigenvalue weighted by Crippen LogP contribution is 2.35. The smallest absolute Gasteiger partial charge is 0.193 e. The van der Waals surface area contributed by atoms with Gasteiger partial charge in [0.15, 0.2) is 5.96 Å². The molecule has 3 aliphatic rings. The molecule has 2 aliphatic heterocycles. The van der Waals surface area contributed by atoms with E-state index in [1.54, 1.807) is 0 Å². The van der Waals surface area contributed by atoms with Crippen LogP contribution in [0.25, 0.3) is 0 Å². The molecule has 1 N–H and O–H groups in total. The van der Waals surface area contributed by atoms with E-state index in [0.717, 1.165) is 30.9 Å². The molecule has 160 valence electrons. The van der Waals surface area contributed by atoms with Gasteiger partial charge in [0.05, 0.1) is 0 Å². The Labute approximate surface area is 177 Å². The summed E-state index contributed by atoms with van der Waals surface area (Å²) in [7, 11) is 4.15. The van der Waals surface area contributed by atoms with Crippen LogP contribution in [0.5, 0.6) is 0 Å². The van der Waals surface area contributed by atoms with Gasteiger partial charge in [-0.05, 0) is 62.4 Å². The molecule has 1 aromatic rings. The largest absolute Gasteiger partial charge is 0.352 e. The van der Waals surface area contributed by atoms with E-state index in [0.29, 0.717) is 0 Å². The Bertz CT molecular complexity index is 656. The monoisotopic (exact) mass is 397 g/mol. The Kier molecular flexibility index (Phi) is 7.09. The number of nitrogens with zero attached hydrogens (tertiary/aromatic N) is 4. The molecule has 5 heteroatoms. The normalized spacial score (nSPS) is 27.0. The van der Waals surface area contributed by atoms with Gasteiger partial charge in [-0.2, -0.15) is 0 Å². The summed E-state index contributed by atoms with van der Waals surface area (Å²) in [5.41, 5.74) is 2.76. The van der Waals surface area contributed by atoms with Crippen molar-refractivity contribution in [1.82, 2.24) is 20.0 Å². The Morgan fingerprint density at radius 3 is 2.31 bits per heavy atom. The van der Waals surface area contributed by atoms with Gasteiger partial charge in [0.25, 0.3) is 0 Å². The summed E-state index contributed by atoms with van der Waals surface area (Å²) in [5, 5.41) is 3.61. The zero-order valence-electron chi connectivity index (χ0n) is 18.4. The van der Waals surface area contributed by atoms with Gasteiger partial charge in [-0.25, -0.2) is 0 Å². The van der Waals surface area contributed by atoms with Crippen LogP contribution in [-0.2, 0) is 13.1 Å². The quantitative estimate of drug-likeness (QED) is 0.626. The highest BCUT2D eigenvalue weighted by Gasteiger charge is 2.35. The SMILES string of the molecule is CN=C(NCc1ccc(CN2CCCN(C)CC2)cc1)N1CC2CCCCC2C1. The number of likely N-dealkylation sites (N-methyl/N-ethyl adjacent to an activating group) is 1. The molecular weight excluding hydrogens is 358 g/mol. The number of hydrogen-bond donors (Lipinski definition) is 1. The number of benzene rings is 1. The molecule has 4 rings (SSSR count). The number of fused-ring (bicyclic) bond motifs is 1. The van der Waals surface area contributed by atoms with Crippen molar-refractivity contribution in [3.8, 4) is 0 Å². The lowest BCUT2D eigenvalue weighted by Gasteiger charge is -2.22. The summed E-state index contributed by atoms with van der Waals surface area (Å²) in [6.07, 6.45) is 6.93. The van der Waals surface area contributed by atoms with Crippen LogP contribution in [-0.4, -0.2) is 74.0 Å². The molecule has 2 saturated heterocycles. The minimum Gasteiger partial charge on any atom is -0.352 e. The highest BCUT2D eigenvalue weighted by molar-refractivity contribution is 5.80. The number of rotatable bonds is 4. The summed E-state index contributed by atoms with van der Waals surface area (Å²) in [5.74, 6) is 2.86.